The number of hydrogen-bond donors (Lipinski definition) is 2. The minimum atomic E-state index is -3.67. The Morgan fingerprint density at radius 2 is 1.97 bits per heavy atom. The van der Waals surface area contributed by atoms with Crippen LogP contribution in [0.4, 0.5) is 4.39 Å². The van der Waals surface area contributed by atoms with Crippen LogP contribution in [0.2, 0.25) is 0 Å². The number of dihydropyridines is 1. The van der Waals surface area contributed by atoms with Crippen molar-refractivity contribution in [1.29, 1.82) is 0 Å². The van der Waals surface area contributed by atoms with Crippen molar-refractivity contribution in [2.24, 2.45) is 5.73 Å². The lowest BCUT2D eigenvalue weighted by atomic mass is 9.96. The van der Waals surface area contributed by atoms with Crippen LogP contribution >= 0.6 is 0 Å². The zero-order valence-electron chi connectivity index (χ0n) is 17.3. The molecule has 0 amide bonds. The van der Waals surface area contributed by atoms with Gasteiger partial charge in [-0.15, -0.1) is 0 Å². The minimum Gasteiger partial charge on any atom is -0.379 e. The molecule has 0 bridgehead atoms. The lowest BCUT2D eigenvalue weighted by Crippen LogP contribution is -2.51. The maximum absolute atomic E-state index is 13.4. The van der Waals surface area contributed by atoms with Crippen LogP contribution in [-0.4, -0.2) is 75.3 Å². The molecule has 31 heavy (non-hydrogen) atoms. The number of ether oxygens (including phenoxy) is 2. The molecule has 3 heterocycles. The van der Waals surface area contributed by atoms with E-state index in [1.165, 1.54) is 16.4 Å². The predicted molar refractivity (Wildman–Crippen MR) is 115 cm³/mol. The smallest absolute Gasteiger partial charge is 0.282 e. The first kappa shape index (κ1) is 22.4. The summed E-state index contributed by atoms with van der Waals surface area (Å²) < 4.78 is 54.5. The molecule has 0 spiro atoms. The highest BCUT2D eigenvalue weighted by Crippen LogP contribution is 2.35. The molecule has 4 rings (SSSR count). The second-order valence-corrected chi connectivity index (χ2v) is 9.81. The van der Waals surface area contributed by atoms with Gasteiger partial charge in [0.1, 0.15) is 12.0 Å². The lowest BCUT2D eigenvalue weighted by Gasteiger charge is -2.33. The molecular weight excluding hydrogens is 423 g/mol. The van der Waals surface area contributed by atoms with Gasteiger partial charge in [0.05, 0.1) is 25.9 Å². The first-order valence-electron chi connectivity index (χ1n) is 10.5. The molecule has 3 aliphatic heterocycles. The number of rotatable bonds is 7. The van der Waals surface area contributed by atoms with Crippen molar-refractivity contribution >= 4 is 10.2 Å². The molecule has 10 heteroatoms. The van der Waals surface area contributed by atoms with Gasteiger partial charge in [-0.3, -0.25) is 0 Å². The number of nitrogens with zero attached hydrogens (tertiary/aromatic N) is 2. The van der Waals surface area contributed by atoms with Gasteiger partial charge in [-0.05, 0) is 54.0 Å². The zero-order valence-corrected chi connectivity index (χ0v) is 18.1. The average molecular weight is 453 g/mol. The summed E-state index contributed by atoms with van der Waals surface area (Å²) in [5, 5.41) is 3.10. The van der Waals surface area contributed by atoms with Crippen molar-refractivity contribution < 1.29 is 22.3 Å². The maximum Gasteiger partial charge on any atom is 0.282 e. The number of morpholine rings is 1. The molecule has 0 radical (unpaired) electrons. The fourth-order valence-electron chi connectivity index (χ4n) is 4.22. The molecule has 0 saturated carbocycles. The van der Waals surface area contributed by atoms with E-state index in [-0.39, 0.29) is 30.6 Å². The molecule has 3 aliphatic rings. The summed E-state index contributed by atoms with van der Waals surface area (Å²) in [6.07, 6.45) is 5.81. The number of benzene rings is 1. The van der Waals surface area contributed by atoms with Gasteiger partial charge in [-0.1, -0.05) is 12.1 Å². The van der Waals surface area contributed by atoms with E-state index in [9.17, 15) is 12.8 Å². The highest BCUT2D eigenvalue weighted by atomic mass is 32.2. The monoisotopic (exact) mass is 452 g/mol. The van der Waals surface area contributed by atoms with Crippen molar-refractivity contribution in [2.45, 2.75) is 24.6 Å². The Morgan fingerprint density at radius 3 is 2.68 bits per heavy atom. The summed E-state index contributed by atoms with van der Waals surface area (Å²) in [6.45, 7) is 2.44. The van der Waals surface area contributed by atoms with E-state index in [1.54, 1.807) is 22.6 Å². The Kier molecular flexibility index (Phi) is 7.05. The van der Waals surface area contributed by atoms with E-state index >= 15 is 0 Å². The average Bonchev–Trinajstić information content (AvgIpc) is 3.24. The second-order valence-electron chi connectivity index (χ2n) is 7.93. The highest BCUT2D eigenvalue weighted by Gasteiger charge is 2.43. The molecule has 170 valence electrons. The summed E-state index contributed by atoms with van der Waals surface area (Å²) in [6, 6.07) is 5.96. The second kappa shape index (κ2) is 9.76. The Labute approximate surface area is 182 Å². The molecule has 0 aliphatic carbocycles. The first-order valence-corrected chi connectivity index (χ1v) is 11.9. The summed E-state index contributed by atoms with van der Waals surface area (Å²) >= 11 is 0. The zero-order chi connectivity index (χ0) is 21.8. The Hall–Kier alpha value is -1.82. The minimum absolute atomic E-state index is 0.0284. The van der Waals surface area contributed by atoms with Crippen molar-refractivity contribution in [3.05, 3.63) is 59.6 Å². The van der Waals surface area contributed by atoms with Crippen molar-refractivity contribution in [3.63, 3.8) is 0 Å². The topological polar surface area (TPSA) is 97.1 Å². The summed E-state index contributed by atoms with van der Waals surface area (Å²) in [5.74, 6) is -0.335. The number of nitrogens with one attached hydrogen (secondary N) is 1. The van der Waals surface area contributed by atoms with Gasteiger partial charge in [-0.25, -0.2) is 4.39 Å². The number of nitrogens with two attached hydrogens (primary N) is 1. The standard InChI is InChI=1S/C21H29FN4O4S/c22-19-3-1-17(2-4-19)18-12-20(15-30-21-11-16(13-23)5-6-24-21)26(14-18)31(27,28)25-7-9-29-10-8-25/h1-6,11,18,20-21,24H,7-10,12-15,23H2/t18-,20-,21?/m0/s1. The summed E-state index contributed by atoms with van der Waals surface area (Å²) in [4.78, 5) is 0. The fraction of sp³-hybridized carbons (Fsp3) is 0.524. The van der Waals surface area contributed by atoms with E-state index in [0.29, 0.717) is 45.8 Å². The van der Waals surface area contributed by atoms with Crippen molar-refractivity contribution in [1.82, 2.24) is 13.9 Å². The van der Waals surface area contributed by atoms with Gasteiger partial charge in [0.2, 0.25) is 0 Å². The van der Waals surface area contributed by atoms with Gasteiger partial charge >= 0.3 is 0 Å². The molecule has 2 fully saturated rings. The molecule has 3 N–H and O–H groups in total. The van der Waals surface area contributed by atoms with Crippen LogP contribution in [0.25, 0.3) is 0 Å². The highest BCUT2D eigenvalue weighted by molar-refractivity contribution is 7.86. The van der Waals surface area contributed by atoms with E-state index in [0.717, 1.165) is 11.1 Å². The molecular formula is C21H29FN4O4S. The third-order valence-corrected chi connectivity index (χ3v) is 7.98. The largest absolute Gasteiger partial charge is 0.379 e. The van der Waals surface area contributed by atoms with Crippen molar-refractivity contribution in [3.8, 4) is 0 Å². The van der Waals surface area contributed by atoms with Gasteiger partial charge in [-0.2, -0.15) is 17.0 Å². The summed E-state index contributed by atoms with van der Waals surface area (Å²) in [7, 11) is -3.67. The normalized spacial score (nSPS) is 27.8. The fourth-order valence-corrected chi connectivity index (χ4v) is 6.02. The van der Waals surface area contributed by atoms with Crippen LogP contribution in [0, 0.1) is 5.82 Å². The van der Waals surface area contributed by atoms with Crippen LogP contribution < -0.4 is 11.1 Å². The maximum atomic E-state index is 13.4. The van der Waals surface area contributed by atoms with E-state index in [2.05, 4.69) is 5.32 Å². The van der Waals surface area contributed by atoms with Gasteiger partial charge in [0, 0.05) is 26.2 Å². The predicted octanol–water partition coefficient (Wildman–Crippen LogP) is 0.905. The molecule has 1 unspecified atom stereocenters. The van der Waals surface area contributed by atoms with Crippen LogP contribution in [0.1, 0.15) is 17.9 Å². The van der Waals surface area contributed by atoms with Gasteiger partial charge in [0.25, 0.3) is 10.2 Å². The Morgan fingerprint density at radius 1 is 1.23 bits per heavy atom. The molecule has 0 aromatic heterocycles. The molecule has 8 nitrogen and oxygen atoms in total. The van der Waals surface area contributed by atoms with E-state index in [4.69, 9.17) is 15.2 Å². The first-order chi connectivity index (χ1) is 15.0. The van der Waals surface area contributed by atoms with Crippen LogP contribution in [-0.2, 0) is 19.7 Å². The Balaban J connectivity index is 1.51. The van der Waals surface area contributed by atoms with Crippen molar-refractivity contribution in [2.75, 3.05) is 46.0 Å². The van der Waals surface area contributed by atoms with E-state index in [1.807, 2.05) is 12.2 Å². The lowest BCUT2D eigenvalue weighted by molar-refractivity contribution is 0.0417. The number of halogens is 1. The van der Waals surface area contributed by atoms with E-state index < -0.39 is 10.2 Å². The third-order valence-electron chi connectivity index (χ3n) is 5.93. The summed E-state index contributed by atoms with van der Waals surface area (Å²) in [5.41, 5.74) is 7.59. The van der Waals surface area contributed by atoms with Crippen LogP contribution in [0.5, 0.6) is 0 Å². The SMILES string of the molecule is NCC1=CC(OC[C@@H]2C[C@H](c3ccc(F)cc3)CN2S(=O)(=O)N2CCOCC2)NC=C1. The van der Waals surface area contributed by atoms with Crippen LogP contribution in [0.3, 0.4) is 0 Å². The van der Waals surface area contributed by atoms with Crippen LogP contribution in [0.15, 0.2) is 48.2 Å². The Bertz CT molecular complexity index is 916. The van der Waals surface area contributed by atoms with Gasteiger partial charge in [0.15, 0.2) is 0 Å². The molecule has 3 atom stereocenters. The molecule has 2 saturated heterocycles. The third kappa shape index (κ3) is 5.16. The number of hydrogen-bond acceptors (Lipinski definition) is 6. The molecule has 1 aromatic rings. The quantitative estimate of drug-likeness (QED) is 0.638. The van der Waals surface area contributed by atoms with Gasteiger partial charge < -0.3 is 20.5 Å². The molecule has 1 aromatic carbocycles.